The lowest BCUT2D eigenvalue weighted by Gasteiger charge is -2.23. The molecule has 2 saturated carbocycles. The molecule has 2 aliphatic rings. The Labute approximate surface area is 65.5 Å². The van der Waals surface area contributed by atoms with Crippen LogP contribution in [-0.4, -0.2) is 10.3 Å². The first-order chi connectivity index (χ1) is 4.21. The van der Waals surface area contributed by atoms with Gasteiger partial charge in [0.25, 0.3) is 0 Å². The van der Waals surface area contributed by atoms with Crippen LogP contribution in [0.25, 0.3) is 0 Å². The largest absolute Gasteiger partial charge is 0.121 e. The monoisotopic (exact) mass is 164 g/mol. The first kappa shape index (κ1) is 6.30. The topological polar surface area (TPSA) is 0 Å². The molecule has 9 heavy (non-hydrogen) atoms. The summed E-state index contributed by atoms with van der Waals surface area (Å²) in [5.74, 6) is 0.852. The number of rotatable bonds is 0. The SMILES string of the molecule is Cl[C@H]1C[C@@H]2CC[C@@]1(Cl)C2. The van der Waals surface area contributed by atoms with Crippen molar-refractivity contribution in [3.8, 4) is 0 Å². The Morgan fingerprint density at radius 1 is 1.44 bits per heavy atom. The highest BCUT2D eigenvalue weighted by atomic mass is 35.5. The fraction of sp³-hybridized carbons (Fsp3) is 1.00. The van der Waals surface area contributed by atoms with E-state index in [1.54, 1.807) is 0 Å². The van der Waals surface area contributed by atoms with E-state index in [2.05, 4.69) is 0 Å². The molecule has 3 atom stereocenters. The first-order valence-corrected chi connectivity index (χ1v) is 4.35. The van der Waals surface area contributed by atoms with Crippen molar-refractivity contribution in [2.45, 2.75) is 35.9 Å². The van der Waals surface area contributed by atoms with E-state index in [1.165, 1.54) is 12.8 Å². The Hall–Kier alpha value is 0.580. The van der Waals surface area contributed by atoms with Gasteiger partial charge in [0.15, 0.2) is 0 Å². The minimum Gasteiger partial charge on any atom is -0.121 e. The van der Waals surface area contributed by atoms with Crippen molar-refractivity contribution in [3.05, 3.63) is 0 Å². The van der Waals surface area contributed by atoms with E-state index in [0.29, 0.717) is 0 Å². The molecule has 0 saturated heterocycles. The quantitative estimate of drug-likeness (QED) is 0.484. The molecule has 0 aromatic rings. The summed E-state index contributed by atoms with van der Waals surface area (Å²) in [6.07, 6.45) is 4.79. The van der Waals surface area contributed by atoms with Crippen molar-refractivity contribution >= 4 is 23.2 Å². The number of halogens is 2. The minimum absolute atomic E-state index is 0.00617. The summed E-state index contributed by atoms with van der Waals surface area (Å²) in [6.45, 7) is 0. The third-order valence-electron chi connectivity index (χ3n) is 2.70. The Bertz CT molecular complexity index is 135. The number of alkyl halides is 2. The third kappa shape index (κ3) is 0.798. The molecule has 0 nitrogen and oxygen atoms in total. The lowest BCUT2D eigenvalue weighted by molar-refractivity contribution is 0.502. The zero-order chi connectivity index (χ0) is 6.48. The van der Waals surface area contributed by atoms with Gasteiger partial charge in [-0.1, -0.05) is 0 Å². The summed E-state index contributed by atoms with van der Waals surface area (Å²) in [4.78, 5) is 0.00617. The fourth-order valence-corrected chi connectivity index (χ4v) is 2.98. The molecule has 0 radical (unpaired) electrons. The summed E-state index contributed by atoms with van der Waals surface area (Å²) in [7, 11) is 0. The van der Waals surface area contributed by atoms with Gasteiger partial charge in [-0.25, -0.2) is 0 Å². The molecule has 2 aliphatic carbocycles. The van der Waals surface area contributed by atoms with Crippen molar-refractivity contribution in [2.24, 2.45) is 5.92 Å². The van der Waals surface area contributed by atoms with E-state index in [-0.39, 0.29) is 10.3 Å². The lowest BCUT2D eigenvalue weighted by atomic mass is 10.00. The second kappa shape index (κ2) is 1.79. The van der Waals surface area contributed by atoms with Gasteiger partial charge in [0, 0.05) is 0 Å². The van der Waals surface area contributed by atoms with E-state index in [0.717, 1.165) is 18.8 Å². The van der Waals surface area contributed by atoms with Crippen LogP contribution in [0.4, 0.5) is 0 Å². The Kier molecular flexibility index (Phi) is 1.26. The molecule has 0 spiro atoms. The summed E-state index contributed by atoms with van der Waals surface area (Å²) in [6, 6.07) is 0. The van der Waals surface area contributed by atoms with Crippen LogP contribution in [0.15, 0.2) is 0 Å². The molecule has 0 amide bonds. The summed E-state index contributed by atoms with van der Waals surface area (Å²) >= 11 is 12.2. The van der Waals surface area contributed by atoms with Crippen LogP contribution >= 0.6 is 23.2 Å². The molecule has 0 aromatic carbocycles. The van der Waals surface area contributed by atoms with Crippen LogP contribution in [-0.2, 0) is 0 Å². The van der Waals surface area contributed by atoms with Crippen LogP contribution < -0.4 is 0 Å². The maximum absolute atomic E-state index is 6.22. The molecular formula is C7H10Cl2. The van der Waals surface area contributed by atoms with Gasteiger partial charge in [0.2, 0.25) is 0 Å². The molecule has 2 bridgehead atoms. The minimum atomic E-state index is 0.00617. The second-order valence-corrected chi connectivity index (χ2v) is 4.63. The summed E-state index contributed by atoms with van der Waals surface area (Å²) < 4.78 is 0. The van der Waals surface area contributed by atoms with Gasteiger partial charge in [-0.15, -0.1) is 23.2 Å². The molecule has 0 aromatic heterocycles. The molecule has 0 unspecified atom stereocenters. The average Bonchev–Trinajstić information content (AvgIpc) is 2.22. The fourth-order valence-electron chi connectivity index (χ4n) is 2.12. The van der Waals surface area contributed by atoms with E-state index in [9.17, 15) is 0 Å². The Morgan fingerprint density at radius 3 is 2.44 bits per heavy atom. The van der Waals surface area contributed by atoms with Gasteiger partial charge in [0.1, 0.15) is 0 Å². The van der Waals surface area contributed by atoms with Crippen molar-refractivity contribution in [1.82, 2.24) is 0 Å². The van der Waals surface area contributed by atoms with Crippen LogP contribution in [0.5, 0.6) is 0 Å². The van der Waals surface area contributed by atoms with Gasteiger partial charge in [-0.05, 0) is 31.6 Å². The van der Waals surface area contributed by atoms with Gasteiger partial charge < -0.3 is 0 Å². The van der Waals surface area contributed by atoms with Crippen LogP contribution in [0.3, 0.4) is 0 Å². The maximum Gasteiger partial charge on any atom is 0.0612 e. The van der Waals surface area contributed by atoms with Crippen LogP contribution in [0, 0.1) is 5.92 Å². The van der Waals surface area contributed by atoms with Gasteiger partial charge in [-0.2, -0.15) is 0 Å². The highest BCUT2D eigenvalue weighted by Crippen LogP contribution is 2.53. The van der Waals surface area contributed by atoms with Gasteiger partial charge >= 0.3 is 0 Å². The number of hydrogen-bond donors (Lipinski definition) is 0. The summed E-state index contributed by atoms with van der Waals surface area (Å²) in [5, 5.41) is 0.262. The van der Waals surface area contributed by atoms with Crippen molar-refractivity contribution in [1.29, 1.82) is 0 Å². The standard InChI is InChI=1S/C7H10Cl2/c8-6-3-5-1-2-7(6,9)4-5/h5-6H,1-4H2/t5-,6-,7+/m0/s1. The predicted octanol–water partition coefficient (Wildman–Crippen LogP) is 2.78. The van der Waals surface area contributed by atoms with E-state index in [4.69, 9.17) is 23.2 Å². The molecule has 2 heteroatoms. The van der Waals surface area contributed by atoms with Crippen molar-refractivity contribution in [2.75, 3.05) is 0 Å². The molecule has 0 N–H and O–H groups in total. The second-order valence-electron chi connectivity index (χ2n) is 3.35. The number of hydrogen-bond acceptors (Lipinski definition) is 0. The van der Waals surface area contributed by atoms with E-state index < -0.39 is 0 Å². The molecule has 2 rings (SSSR count). The van der Waals surface area contributed by atoms with Crippen LogP contribution in [0.1, 0.15) is 25.7 Å². The van der Waals surface area contributed by atoms with Crippen LogP contribution in [0.2, 0.25) is 0 Å². The smallest absolute Gasteiger partial charge is 0.0612 e. The average molecular weight is 165 g/mol. The normalized spacial score (nSPS) is 56.7. The molecule has 0 heterocycles. The van der Waals surface area contributed by atoms with E-state index >= 15 is 0 Å². The first-order valence-electron chi connectivity index (χ1n) is 3.54. The van der Waals surface area contributed by atoms with E-state index in [1.807, 2.05) is 0 Å². The van der Waals surface area contributed by atoms with Gasteiger partial charge in [0.05, 0.1) is 10.3 Å². The molecule has 0 aliphatic heterocycles. The van der Waals surface area contributed by atoms with Crippen molar-refractivity contribution < 1.29 is 0 Å². The zero-order valence-electron chi connectivity index (χ0n) is 5.24. The predicted molar refractivity (Wildman–Crippen MR) is 40.2 cm³/mol. The zero-order valence-corrected chi connectivity index (χ0v) is 6.75. The molecule has 2 fully saturated rings. The maximum atomic E-state index is 6.22. The Morgan fingerprint density at radius 2 is 2.22 bits per heavy atom. The third-order valence-corrected chi connectivity index (χ3v) is 4.01. The lowest BCUT2D eigenvalue weighted by Crippen LogP contribution is -2.25. The molecule has 52 valence electrons. The number of fused-ring (bicyclic) bond motifs is 2. The summed E-state index contributed by atoms with van der Waals surface area (Å²) in [5.41, 5.74) is 0. The highest BCUT2D eigenvalue weighted by Gasteiger charge is 2.49. The molecular weight excluding hydrogens is 155 g/mol. The van der Waals surface area contributed by atoms with Crippen molar-refractivity contribution in [3.63, 3.8) is 0 Å². The highest BCUT2D eigenvalue weighted by molar-refractivity contribution is 6.33. The Balaban J connectivity index is 2.22. The van der Waals surface area contributed by atoms with Gasteiger partial charge in [-0.3, -0.25) is 0 Å².